The summed E-state index contributed by atoms with van der Waals surface area (Å²) in [4.78, 5) is 4.77. The van der Waals surface area contributed by atoms with Crippen molar-refractivity contribution in [3.63, 3.8) is 0 Å². The van der Waals surface area contributed by atoms with Crippen molar-refractivity contribution in [1.29, 1.82) is 0 Å². The van der Waals surface area contributed by atoms with E-state index in [1.54, 1.807) is 7.05 Å². The predicted molar refractivity (Wildman–Crippen MR) is 73.8 cm³/mol. The fourth-order valence-corrected chi connectivity index (χ4v) is 3.34. The van der Waals surface area contributed by atoms with Gasteiger partial charge in [-0.3, -0.25) is 4.98 Å². The lowest BCUT2D eigenvalue weighted by molar-refractivity contribution is -0.138. The zero-order chi connectivity index (χ0) is 14.8. The number of hydrogen-bond acceptors (Lipinski definition) is 3. The molecule has 0 bridgehead atoms. The molecule has 108 valence electrons. The van der Waals surface area contributed by atoms with Gasteiger partial charge in [-0.2, -0.15) is 13.2 Å². The summed E-state index contributed by atoms with van der Waals surface area (Å²) in [5, 5.41) is 4.88. The SMILES string of the molecule is CCc1ccsc1C(NC)c1cnccc1C(F)(F)F. The minimum absolute atomic E-state index is 0.166. The van der Waals surface area contributed by atoms with E-state index in [1.807, 2.05) is 18.4 Å². The van der Waals surface area contributed by atoms with Crippen LogP contribution < -0.4 is 5.32 Å². The lowest BCUT2D eigenvalue weighted by Gasteiger charge is -2.21. The highest BCUT2D eigenvalue weighted by Gasteiger charge is 2.35. The van der Waals surface area contributed by atoms with Crippen molar-refractivity contribution in [2.45, 2.75) is 25.6 Å². The van der Waals surface area contributed by atoms with E-state index in [0.29, 0.717) is 0 Å². The highest BCUT2D eigenvalue weighted by molar-refractivity contribution is 7.10. The van der Waals surface area contributed by atoms with Gasteiger partial charge in [0.25, 0.3) is 0 Å². The fraction of sp³-hybridized carbons (Fsp3) is 0.357. The maximum atomic E-state index is 13.1. The van der Waals surface area contributed by atoms with Crippen LogP contribution in [0.25, 0.3) is 0 Å². The molecule has 1 N–H and O–H groups in total. The Morgan fingerprint density at radius 3 is 2.70 bits per heavy atom. The van der Waals surface area contributed by atoms with Crippen LogP contribution in [0, 0.1) is 0 Å². The van der Waals surface area contributed by atoms with Crippen LogP contribution in [0.3, 0.4) is 0 Å². The van der Waals surface area contributed by atoms with Gasteiger partial charge in [-0.1, -0.05) is 6.92 Å². The minimum atomic E-state index is -4.38. The van der Waals surface area contributed by atoms with Crippen LogP contribution in [0.5, 0.6) is 0 Å². The molecule has 2 rings (SSSR count). The van der Waals surface area contributed by atoms with Crippen LogP contribution >= 0.6 is 11.3 Å². The van der Waals surface area contributed by atoms with Crippen molar-refractivity contribution in [2.75, 3.05) is 7.05 Å². The molecule has 0 aromatic carbocycles. The number of hydrogen-bond donors (Lipinski definition) is 1. The van der Waals surface area contributed by atoms with Crippen molar-refractivity contribution in [1.82, 2.24) is 10.3 Å². The highest BCUT2D eigenvalue weighted by atomic mass is 32.1. The molecule has 1 unspecified atom stereocenters. The Kier molecular flexibility index (Phi) is 4.45. The first kappa shape index (κ1) is 15.0. The van der Waals surface area contributed by atoms with E-state index >= 15 is 0 Å². The summed E-state index contributed by atoms with van der Waals surface area (Å²) < 4.78 is 39.4. The molecule has 0 saturated heterocycles. The Labute approximate surface area is 119 Å². The summed E-state index contributed by atoms with van der Waals surface area (Å²) in [6, 6.07) is 2.49. The highest BCUT2D eigenvalue weighted by Crippen LogP contribution is 2.38. The average Bonchev–Trinajstić information content (AvgIpc) is 2.87. The largest absolute Gasteiger partial charge is 0.416 e. The number of rotatable bonds is 4. The van der Waals surface area contributed by atoms with Crippen LogP contribution in [-0.2, 0) is 12.6 Å². The first-order chi connectivity index (χ1) is 9.49. The van der Waals surface area contributed by atoms with Gasteiger partial charge in [-0.05, 0) is 36.5 Å². The minimum Gasteiger partial charge on any atom is -0.309 e. The van der Waals surface area contributed by atoms with E-state index in [1.165, 1.54) is 23.7 Å². The second-order valence-corrected chi connectivity index (χ2v) is 5.29. The summed E-state index contributed by atoms with van der Waals surface area (Å²) in [7, 11) is 1.66. The summed E-state index contributed by atoms with van der Waals surface area (Å²) in [6.45, 7) is 1.99. The second kappa shape index (κ2) is 5.93. The molecule has 0 radical (unpaired) electrons. The third kappa shape index (κ3) is 2.86. The number of halogens is 3. The molecule has 0 fully saturated rings. The van der Waals surface area contributed by atoms with Crippen LogP contribution in [0.4, 0.5) is 13.2 Å². The van der Waals surface area contributed by atoms with Gasteiger partial charge in [0.15, 0.2) is 0 Å². The maximum absolute atomic E-state index is 13.1. The Morgan fingerprint density at radius 1 is 1.35 bits per heavy atom. The van der Waals surface area contributed by atoms with Gasteiger partial charge in [0.1, 0.15) is 0 Å². The molecular weight excluding hydrogens is 285 g/mol. The standard InChI is InChI=1S/C14H15F3N2S/c1-3-9-5-7-20-13(9)12(18-2)10-8-19-6-4-11(10)14(15,16)17/h4-8,12,18H,3H2,1-2H3. The van der Waals surface area contributed by atoms with Crippen molar-refractivity contribution in [3.8, 4) is 0 Å². The summed E-state index contributed by atoms with van der Waals surface area (Å²) >= 11 is 1.46. The third-order valence-corrected chi connectivity index (χ3v) is 4.20. The molecule has 1 atom stereocenters. The average molecular weight is 300 g/mol. The lowest BCUT2D eigenvalue weighted by atomic mass is 9.98. The van der Waals surface area contributed by atoms with Crippen molar-refractivity contribution >= 4 is 11.3 Å². The van der Waals surface area contributed by atoms with E-state index in [2.05, 4.69) is 10.3 Å². The quantitative estimate of drug-likeness (QED) is 0.922. The van der Waals surface area contributed by atoms with E-state index in [-0.39, 0.29) is 5.56 Å². The molecule has 2 aromatic heterocycles. The van der Waals surface area contributed by atoms with E-state index in [0.717, 1.165) is 22.9 Å². The maximum Gasteiger partial charge on any atom is 0.416 e. The van der Waals surface area contributed by atoms with Crippen molar-refractivity contribution < 1.29 is 13.2 Å². The van der Waals surface area contributed by atoms with Gasteiger partial charge in [0, 0.05) is 22.8 Å². The number of alkyl halides is 3. The van der Waals surface area contributed by atoms with Crippen LogP contribution in [0.2, 0.25) is 0 Å². The molecule has 0 amide bonds. The second-order valence-electron chi connectivity index (χ2n) is 4.35. The zero-order valence-electron chi connectivity index (χ0n) is 11.2. The number of nitrogens with one attached hydrogen (secondary N) is 1. The van der Waals surface area contributed by atoms with Gasteiger partial charge in [-0.15, -0.1) is 11.3 Å². The van der Waals surface area contributed by atoms with Gasteiger partial charge in [-0.25, -0.2) is 0 Å². The molecule has 6 heteroatoms. The number of aryl methyl sites for hydroxylation is 1. The Balaban J connectivity index is 2.53. The third-order valence-electron chi connectivity index (χ3n) is 3.18. The predicted octanol–water partition coefficient (Wildman–Crippen LogP) is 4.03. The molecule has 0 saturated carbocycles. The molecule has 0 aliphatic heterocycles. The molecule has 0 spiro atoms. The van der Waals surface area contributed by atoms with Crippen LogP contribution in [-0.4, -0.2) is 12.0 Å². The number of nitrogens with zero attached hydrogens (tertiary/aromatic N) is 1. The fourth-order valence-electron chi connectivity index (χ4n) is 2.22. The molecule has 0 aliphatic carbocycles. The normalized spacial score (nSPS) is 13.4. The van der Waals surface area contributed by atoms with Gasteiger partial charge in [0.05, 0.1) is 11.6 Å². The van der Waals surface area contributed by atoms with Crippen LogP contribution in [0.1, 0.15) is 34.5 Å². The molecule has 2 nitrogen and oxygen atoms in total. The van der Waals surface area contributed by atoms with Gasteiger partial charge >= 0.3 is 6.18 Å². The first-order valence-electron chi connectivity index (χ1n) is 6.23. The summed E-state index contributed by atoms with van der Waals surface area (Å²) in [6.07, 6.45) is -1.12. The number of thiophene rings is 1. The topological polar surface area (TPSA) is 24.9 Å². The van der Waals surface area contributed by atoms with E-state index in [4.69, 9.17) is 0 Å². The number of pyridine rings is 1. The zero-order valence-corrected chi connectivity index (χ0v) is 12.0. The van der Waals surface area contributed by atoms with E-state index in [9.17, 15) is 13.2 Å². The first-order valence-corrected chi connectivity index (χ1v) is 7.11. The Morgan fingerprint density at radius 2 is 2.10 bits per heavy atom. The van der Waals surface area contributed by atoms with Crippen molar-refractivity contribution in [2.24, 2.45) is 0 Å². The van der Waals surface area contributed by atoms with Crippen molar-refractivity contribution in [3.05, 3.63) is 51.5 Å². The Hall–Kier alpha value is -1.40. The molecule has 0 aliphatic rings. The molecular formula is C14H15F3N2S. The summed E-state index contributed by atoms with van der Waals surface area (Å²) in [5.74, 6) is 0. The van der Waals surface area contributed by atoms with E-state index < -0.39 is 17.8 Å². The molecule has 20 heavy (non-hydrogen) atoms. The monoisotopic (exact) mass is 300 g/mol. The molecule has 2 aromatic rings. The lowest BCUT2D eigenvalue weighted by Crippen LogP contribution is -2.22. The summed E-state index contributed by atoms with van der Waals surface area (Å²) in [5.41, 5.74) is 0.591. The Bertz CT molecular complexity index is 578. The smallest absolute Gasteiger partial charge is 0.309 e. The van der Waals surface area contributed by atoms with Crippen LogP contribution in [0.15, 0.2) is 29.9 Å². The van der Waals surface area contributed by atoms with Gasteiger partial charge in [0.2, 0.25) is 0 Å². The number of aromatic nitrogens is 1. The molecule has 2 heterocycles. The van der Waals surface area contributed by atoms with Gasteiger partial charge < -0.3 is 5.32 Å².